The Hall–Kier alpha value is -1.55. The van der Waals surface area contributed by atoms with Crippen LogP contribution in [-0.2, 0) is 9.78 Å². The Morgan fingerprint density at radius 1 is 0.688 bits per heavy atom. The van der Waals surface area contributed by atoms with Gasteiger partial charge in [0, 0.05) is 0 Å². The highest BCUT2D eigenvalue weighted by Gasteiger charge is 2.09. The lowest BCUT2D eigenvalue weighted by Gasteiger charge is -2.09. The van der Waals surface area contributed by atoms with Gasteiger partial charge in [0.25, 0.3) is 0 Å². The molecule has 0 heterocycles. The molecule has 1 aromatic carbocycles. The quantitative estimate of drug-likeness (QED) is 0.107. The van der Waals surface area contributed by atoms with Crippen molar-refractivity contribution >= 4 is 5.97 Å². The summed E-state index contributed by atoms with van der Waals surface area (Å²) >= 11 is 0. The van der Waals surface area contributed by atoms with Crippen molar-refractivity contribution in [3.63, 3.8) is 0 Å². The summed E-state index contributed by atoms with van der Waals surface area (Å²) in [5.74, 6) is 0.281. The minimum absolute atomic E-state index is 0.107. The molecule has 4 nitrogen and oxygen atoms in total. The molecule has 184 valence electrons. The minimum Gasteiger partial charge on any atom is -0.491 e. The predicted molar refractivity (Wildman–Crippen MR) is 133 cm³/mol. The van der Waals surface area contributed by atoms with Crippen LogP contribution in [0.4, 0.5) is 0 Å². The fraction of sp³-hybridized carbons (Fsp3) is 0.750. The number of carbonyl (C=O) groups is 1. The largest absolute Gasteiger partial charge is 0.491 e. The first-order valence-corrected chi connectivity index (χ1v) is 13.2. The van der Waals surface area contributed by atoms with Crippen LogP contribution in [0.15, 0.2) is 24.3 Å². The van der Waals surface area contributed by atoms with E-state index in [0.29, 0.717) is 12.2 Å². The first kappa shape index (κ1) is 28.5. The molecule has 0 N–H and O–H groups in total. The van der Waals surface area contributed by atoms with Gasteiger partial charge in [-0.2, -0.15) is 4.89 Å². The van der Waals surface area contributed by atoms with E-state index >= 15 is 0 Å². The van der Waals surface area contributed by atoms with E-state index in [1.165, 1.54) is 89.9 Å². The molecule has 0 aliphatic carbocycles. The number of hydrogen-bond acceptors (Lipinski definition) is 4. The van der Waals surface area contributed by atoms with Gasteiger partial charge in [0.15, 0.2) is 0 Å². The lowest BCUT2D eigenvalue weighted by atomic mass is 10.0. The SMILES string of the molecule is CCCCCCCCCCCCCCCCCCOOC(=O)c1ccc(OC(C)C)cc1. The summed E-state index contributed by atoms with van der Waals surface area (Å²) in [6.07, 6.45) is 21.5. The molecule has 0 bridgehead atoms. The molecule has 0 unspecified atom stereocenters. The zero-order valence-electron chi connectivity index (χ0n) is 21.0. The summed E-state index contributed by atoms with van der Waals surface area (Å²) in [4.78, 5) is 21.9. The van der Waals surface area contributed by atoms with Gasteiger partial charge in [0.2, 0.25) is 0 Å². The molecule has 0 fully saturated rings. The van der Waals surface area contributed by atoms with Crippen molar-refractivity contribution in [2.24, 2.45) is 0 Å². The van der Waals surface area contributed by atoms with Crippen LogP contribution in [0.5, 0.6) is 5.75 Å². The van der Waals surface area contributed by atoms with Crippen LogP contribution in [-0.4, -0.2) is 18.7 Å². The Morgan fingerprint density at radius 2 is 1.12 bits per heavy atom. The predicted octanol–water partition coefficient (Wildman–Crippen LogP) is 8.82. The van der Waals surface area contributed by atoms with Crippen molar-refractivity contribution in [3.05, 3.63) is 29.8 Å². The van der Waals surface area contributed by atoms with Gasteiger partial charge in [0.05, 0.1) is 18.3 Å². The number of rotatable bonds is 21. The van der Waals surface area contributed by atoms with Crippen LogP contribution < -0.4 is 4.74 Å². The molecule has 32 heavy (non-hydrogen) atoms. The van der Waals surface area contributed by atoms with Crippen LogP contribution in [0.1, 0.15) is 134 Å². The number of hydrogen-bond donors (Lipinski definition) is 0. The van der Waals surface area contributed by atoms with Crippen molar-refractivity contribution in [2.75, 3.05) is 6.61 Å². The second-order valence-corrected chi connectivity index (χ2v) is 9.19. The third-order valence-electron chi connectivity index (χ3n) is 5.68. The maximum Gasteiger partial charge on any atom is 0.373 e. The number of unbranched alkanes of at least 4 members (excludes halogenated alkanes) is 15. The normalized spacial score (nSPS) is 11.1. The van der Waals surface area contributed by atoms with Crippen molar-refractivity contribution in [1.29, 1.82) is 0 Å². The second kappa shape index (κ2) is 20.1. The topological polar surface area (TPSA) is 44.8 Å². The Balaban J connectivity index is 1.84. The first-order chi connectivity index (χ1) is 15.6. The van der Waals surface area contributed by atoms with Crippen LogP contribution in [0, 0.1) is 0 Å². The van der Waals surface area contributed by atoms with Gasteiger partial charge >= 0.3 is 5.97 Å². The van der Waals surface area contributed by atoms with E-state index in [1.807, 2.05) is 13.8 Å². The van der Waals surface area contributed by atoms with Gasteiger partial charge in [-0.15, -0.1) is 0 Å². The lowest BCUT2D eigenvalue weighted by molar-refractivity contribution is -0.241. The van der Waals surface area contributed by atoms with Crippen molar-refractivity contribution in [1.82, 2.24) is 0 Å². The molecule has 0 saturated heterocycles. The van der Waals surface area contributed by atoms with Crippen molar-refractivity contribution in [3.8, 4) is 5.75 Å². The lowest BCUT2D eigenvalue weighted by Crippen LogP contribution is -2.08. The van der Waals surface area contributed by atoms with Crippen LogP contribution in [0.2, 0.25) is 0 Å². The molecule has 0 radical (unpaired) electrons. The maximum atomic E-state index is 12.0. The summed E-state index contributed by atoms with van der Waals surface area (Å²) in [6, 6.07) is 6.93. The van der Waals surface area contributed by atoms with E-state index in [9.17, 15) is 4.79 Å². The molecule has 4 heteroatoms. The molecule has 0 spiro atoms. The van der Waals surface area contributed by atoms with Gasteiger partial charge in [0.1, 0.15) is 5.75 Å². The zero-order chi connectivity index (χ0) is 23.3. The van der Waals surface area contributed by atoms with E-state index in [0.717, 1.165) is 18.6 Å². The summed E-state index contributed by atoms with van der Waals surface area (Å²) < 4.78 is 5.57. The molecule has 0 aliphatic rings. The molecule has 0 aromatic heterocycles. The summed E-state index contributed by atoms with van der Waals surface area (Å²) in [5.41, 5.74) is 0.466. The Labute approximate surface area is 197 Å². The van der Waals surface area contributed by atoms with Gasteiger partial charge in [-0.1, -0.05) is 103 Å². The van der Waals surface area contributed by atoms with Crippen LogP contribution in [0.3, 0.4) is 0 Å². The second-order valence-electron chi connectivity index (χ2n) is 9.19. The minimum atomic E-state index is -0.461. The highest BCUT2D eigenvalue weighted by Crippen LogP contribution is 2.15. The fourth-order valence-corrected chi connectivity index (χ4v) is 3.79. The van der Waals surface area contributed by atoms with E-state index in [2.05, 4.69) is 6.92 Å². The van der Waals surface area contributed by atoms with E-state index in [1.54, 1.807) is 24.3 Å². The number of carbonyl (C=O) groups excluding carboxylic acids is 1. The number of benzene rings is 1. The fourth-order valence-electron chi connectivity index (χ4n) is 3.79. The smallest absolute Gasteiger partial charge is 0.373 e. The summed E-state index contributed by atoms with van der Waals surface area (Å²) in [6.45, 7) is 6.67. The average Bonchev–Trinajstić information content (AvgIpc) is 2.78. The Morgan fingerprint density at radius 3 is 1.56 bits per heavy atom. The monoisotopic (exact) mass is 448 g/mol. The van der Waals surface area contributed by atoms with Crippen molar-refractivity contribution in [2.45, 2.75) is 130 Å². The Kier molecular flexibility index (Phi) is 17.9. The molecular weight excluding hydrogens is 400 g/mol. The van der Waals surface area contributed by atoms with E-state index < -0.39 is 5.97 Å². The molecule has 0 amide bonds. The third-order valence-corrected chi connectivity index (χ3v) is 5.68. The highest BCUT2D eigenvalue weighted by atomic mass is 17.2. The molecule has 0 saturated carbocycles. The summed E-state index contributed by atoms with van der Waals surface area (Å²) in [5, 5.41) is 0. The highest BCUT2D eigenvalue weighted by molar-refractivity contribution is 5.89. The third kappa shape index (κ3) is 16.1. The maximum absolute atomic E-state index is 12.0. The van der Waals surface area contributed by atoms with Gasteiger partial charge in [-0.05, 0) is 44.5 Å². The number of ether oxygens (including phenoxy) is 1. The van der Waals surface area contributed by atoms with E-state index in [4.69, 9.17) is 14.5 Å². The summed E-state index contributed by atoms with van der Waals surface area (Å²) in [7, 11) is 0. The molecule has 1 aromatic rings. The molecule has 0 aliphatic heterocycles. The molecule has 0 atom stereocenters. The standard InChI is InChI=1S/C28H48O4/c1-4-5-6-7-8-9-10-11-12-13-14-15-16-17-18-19-24-30-32-28(29)26-20-22-27(23-21-26)31-25(2)3/h20-23,25H,4-19,24H2,1-3H3. The van der Waals surface area contributed by atoms with Crippen LogP contribution in [0.25, 0.3) is 0 Å². The van der Waals surface area contributed by atoms with Gasteiger partial charge < -0.3 is 4.74 Å². The van der Waals surface area contributed by atoms with Gasteiger partial charge in [-0.25, -0.2) is 4.79 Å². The zero-order valence-corrected chi connectivity index (χ0v) is 21.0. The van der Waals surface area contributed by atoms with Gasteiger partial charge in [-0.3, -0.25) is 4.89 Å². The molecule has 1 rings (SSSR count). The van der Waals surface area contributed by atoms with Crippen molar-refractivity contribution < 1.29 is 19.3 Å². The van der Waals surface area contributed by atoms with E-state index in [-0.39, 0.29) is 6.10 Å². The molecular formula is C28H48O4. The first-order valence-electron chi connectivity index (χ1n) is 13.2. The van der Waals surface area contributed by atoms with Crippen LogP contribution >= 0.6 is 0 Å². The average molecular weight is 449 g/mol. The Bertz CT molecular complexity index is 553.